The third kappa shape index (κ3) is 22.3. The van der Waals surface area contributed by atoms with Gasteiger partial charge in [0, 0.05) is 12.8 Å². The van der Waals surface area contributed by atoms with Crippen LogP contribution in [-0.2, 0) is 9.59 Å². The lowest BCUT2D eigenvalue weighted by molar-refractivity contribution is -0.109. The molecule has 0 aliphatic rings. The number of carbonyl (C=O) groups is 2. The van der Waals surface area contributed by atoms with Gasteiger partial charge >= 0.3 is 0 Å². The average Bonchev–Trinajstić information content (AvgIpc) is 2.39. The van der Waals surface area contributed by atoms with Crippen molar-refractivity contribution >= 4 is 12.6 Å². The lowest BCUT2D eigenvalue weighted by Gasteiger charge is -2.03. The molecule has 0 saturated carbocycles. The van der Waals surface area contributed by atoms with Crippen molar-refractivity contribution < 1.29 is 9.59 Å². The third-order valence-corrected chi connectivity index (χ3v) is 3.14. The highest BCUT2D eigenvalue weighted by molar-refractivity contribution is 5.49. The molecule has 2 nitrogen and oxygen atoms in total. The maximum Gasteiger partial charge on any atom is 0.120 e. The molecule has 0 heterocycles. The van der Waals surface area contributed by atoms with Crippen LogP contribution >= 0.6 is 0 Å². The Morgan fingerprint density at radius 1 is 0.950 bits per heavy atom. The number of hydrogen-bond donors (Lipinski definition) is 0. The van der Waals surface area contributed by atoms with Gasteiger partial charge in [-0.05, 0) is 39.0 Å². The minimum Gasteiger partial charge on any atom is -0.303 e. The quantitative estimate of drug-likeness (QED) is 0.285. The summed E-state index contributed by atoms with van der Waals surface area (Å²) in [5, 5.41) is 0. The molecule has 118 valence electrons. The van der Waals surface area contributed by atoms with Gasteiger partial charge in [0.05, 0.1) is 0 Å². The van der Waals surface area contributed by atoms with Gasteiger partial charge < -0.3 is 9.59 Å². The zero-order chi connectivity index (χ0) is 15.6. The van der Waals surface area contributed by atoms with Gasteiger partial charge in [-0.15, -0.1) is 0 Å². The minimum absolute atomic E-state index is 0.545. The van der Waals surface area contributed by atoms with Crippen molar-refractivity contribution in [2.45, 2.75) is 85.5 Å². The van der Waals surface area contributed by atoms with E-state index in [-0.39, 0.29) is 0 Å². The van der Waals surface area contributed by atoms with Crippen LogP contribution in [0.1, 0.15) is 85.5 Å². The average molecular weight is 282 g/mol. The molecule has 0 bridgehead atoms. The van der Waals surface area contributed by atoms with Crippen LogP contribution in [0.2, 0.25) is 0 Å². The van der Waals surface area contributed by atoms with E-state index in [0.29, 0.717) is 12.3 Å². The number of unbranched alkanes of at least 4 members (excludes halogenated alkanes) is 5. The SMILES string of the molecule is CC(C)=CCCC(C)CC=O.CCCCCCCC=O. The molecule has 0 aromatic carbocycles. The molecular weight excluding hydrogens is 248 g/mol. The largest absolute Gasteiger partial charge is 0.303 e. The van der Waals surface area contributed by atoms with Crippen LogP contribution in [0.3, 0.4) is 0 Å². The second kappa shape index (κ2) is 18.1. The molecule has 2 heteroatoms. The minimum atomic E-state index is 0.545. The number of carbonyl (C=O) groups excluding carboxylic acids is 2. The summed E-state index contributed by atoms with van der Waals surface area (Å²) in [4.78, 5) is 19.9. The van der Waals surface area contributed by atoms with E-state index >= 15 is 0 Å². The first kappa shape index (κ1) is 21.4. The molecule has 0 aliphatic heterocycles. The first-order chi connectivity index (χ1) is 9.58. The first-order valence-electron chi connectivity index (χ1n) is 8.09. The van der Waals surface area contributed by atoms with Crippen molar-refractivity contribution in [3.8, 4) is 0 Å². The Balaban J connectivity index is 0. The van der Waals surface area contributed by atoms with Gasteiger partial charge in [0.25, 0.3) is 0 Å². The maximum absolute atomic E-state index is 10.1. The van der Waals surface area contributed by atoms with Crippen molar-refractivity contribution in [3.63, 3.8) is 0 Å². The molecule has 1 atom stereocenters. The molecule has 0 amide bonds. The van der Waals surface area contributed by atoms with Gasteiger partial charge in [0.1, 0.15) is 12.6 Å². The fourth-order valence-electron chi connectivity index (χ4n) is 1.77. The van der Waals surface area contributed by atoms with Crippen LogP contribution in [0.4, 0.5) is 0 Å². The molecule has 0 radical (unpaired) electrons. The van der Waals surface area contributed by atoms with E-state index in [2.05, 4.69) is 33.8 Å². The van der Waals surface area contributed by atoms with Gasteiger partial charge in [-0.25, -0.2) is 0 Å². The Morgan fingerprint density at radius 2 is 1.60 bits per heavy atom. The molecule has 0 fully saturated rings. The molecule has 0 aromatic rings. The molecule has 1 unspecified atom stereocenters. The summed E-state index contributed by atoms with van der Waals surface area (Å²) < 4.78 is 0. The van der Waals surface area contributed by atoms with Gasteiger partial charge in [-0.1, -0.05) is 51.2 Å². The molecule has 0 spiro atoms. The van der Waals surface area contributed by atoms with Gasteiger partial charge in [0.2, 0.25) is 0 Å². The Bertz CT molecular complexity index is 240. The lowest BCUT2D eigenvalue weighted by atomic mass is 10.0. The first-order valence-corrected chi connectivity index (χ1v) is 8.09. The van der Waals surface area contributed by atoms with Gasteiger partial charge in [-0.3, -0.25) is 0 Å². The van der Waals surface area contributed by atoms with E-state index in [1.165, 1.54) is 31.3 Å². The van der Waals surface area contributed by atoms with Crippen LogP contribution in [0.5, 0.6) is 0 Å². The zero-order valence-corrected chi connectivity index (χ0v) is 14.0. The van der Waals surface area contributed by atoms with E-state index in [1.54, 1.807) is 0 Å². The molecule has 0 aromatic heterocycles. The van der Waals surface area contributed by atoms with E-state index in [9.17, 15) is 9.59 Å². The van der Waals surface area contributed by atoms with Crippen LogP contribution in [-0.4, -0.2) is 12.6 Å². The lowest BCUT2D eigenvalue weighted by Crippen LogP contribution is -1.93. The van der Waals surface area contributed by atoms with E-state index < -0.39 is 0 Å². The van der Waals surface area contributed by atoms with E-state index in [1.807, 2.05) is 0 Å². The summed E-state index contributed by atoms with van der Waals surface area (Å²) in [5.74, 6) is 0.545. The normalized spacial score (nSPS) is 11.0. The number of hydrogen-bond acceptors (Lipinski definition) is 2. The fraction of sp³-hybridized carbons (Fsp3) is 0.778. The van der Waals surface area contributed by atoms with Crippen molar-refractivity contribution in [1.82, 2.24) is 0 Å². The van der Waals surface area contributed by atoms with Crippen LogP contribution in [0.15, 0.2) is 11.6 Å². The van der Waals surface area contributed by atoms with Crippen molar-refractivity contribution in [2.75, 3.05) is 0 Å². The highest BCUT2D eigenvalue weighted by Gasteiger charge is 1.98. The molecule has 0 N–H and O–H groups in total. The van der Waals surface area contributed by atoms with E-state index in [0.717, 1.165) is 38.3 Å². The molecule has 20 heavy (non-hydrogen) atoms. The Morgan fingerprint density at radius 3 is 2.10 bits per heavy atom. The fourth-order valence-corrected chi connectivity index (χ4v) is 1.77. The second-order valence-corrected chi connectivity index (χ2v) is 5.74. The Kier molecular flexibility index (Phi) is 19.3. The number of allylic oxidation sites excluding steroid dienone is 2. The summed E-state index contributed by atoms with van der Waals surface area (Å²) in [7, 11) is 0. The van der Waals surface area contributed by atoms with Gasteiger partial charge in [0.15, 0.2) is 0 Å². The van der Waals surface area contributed by atoms with Crippen LogP contribution in [0, 0.1) is 5.92 Å². The molecule has 0 aliphatic carbocycles. The summed E-state index contributed by atoms with van der Waals surface area (Å²) in [6.07, 6.45) is 14.1. The van der Waals surface area contributed by atoms with E-state index in [4.69, 9.17) is 0 Å². The molecule has 0 rings (SSSR count). The molecule has 0 saturated heterocycles. The van der Waals surface area contributed by atoms with Crippen molar-refractivity contribution in [2.24, 2.45) is 5.92 Å². The summed E-state index contributed by atoms with van der Waals surface area (Å²) in [6.45, 7) is 8.52. The number of aldehydes is 2. The summed E-state index contributed by atoms with van der Waals surface area (Å²) in [6, 6.07) is 0. The highest BCUT2D eigenvalue weighted by Crippen LogP contribution is 2.09. The zero-order valence-electron chi connectivity index (χ0n) is 14.0. The third-order valence-electron chi connectivity index (χ3n) is 3.14. The predicted octanol–water partition coefficient (Wildman–Crippen LogP) is 5.50. The van der Waals surface area contributed by atoms with Gasteiger partial charge in [-0.2, -0.15) is 0 Å². The predicted molar refractivity (Wildman–Crippen MR) is 88.0 cm³/mol. The number of rotatable bonds is 11. The summed E-state index contributed by atoms with van der Waals surface area (Å²) in [5.41, 5.74) is 1.36. The Hall–Kier alpha value is -0.920. The Labute approximate surface area is 126 Å². The van der Waals surface area contributed by atoms with Crippen molar-refractivity contribution in [1.29, 1.82) is 0 Å². The topological polar surface area (TPSA) is 34.1 Å². The highest BCUT2D eigenvalue weighted by atomic mass is 16.1. The standard InChI is InChI=1S/C10H18O.C8H16O/c1-9(2)5-4-6-10(3)7-8-11;1-2-3-4-5-6-7-8-9/h5,8,10H,4,6-7H2,1-3H3;8H,2-7H2,1H3. The second-order valence-electron chi connectivity index (χ2n) is 5.74. The summed E-state index contributed by atoms with van der Waals surface area (Å²) >= 11 is 0. The van der Waals surface area contributed by atoms with Crippen LogP contribution < -0.4 is 0 Å². The van der Waals surface area contributed by atoms with Crippen LogP contribution in [0.25, 0.3) is 0 Å². The molecular formula is C18H34O2. The maximum atomic E-state index is 10.1. The smallest absolute Gasteiger partial charge is 0.120 e. The monoisotopic (exact) mass is 282 g/mol. The van der Waals surface area contributed by atoms with Crippen molar-refractivity contribution in [3.05, 3.63) is 11.6 Å².